The second-order valence-corrected chi connectivity index (χ2v) is 10.8. The molecule has 180 valence electrons. The van der Waals surface area contributed by atoms with E-state index < -0.39 is 19.8 Å². The zero-order valence-electron chi connectivity index (χ0n) is 18.1. The highest BCUT2D eigenvalue weighted by Gasteiger charge is 2.46. The van der Waals surface area contributed by atoms with Gasteiger partial charge in [-0.3, -0.25) is 4.67 Å². The minimum atomic E-state index is -4.57. The molecule has 1 atom stereocenters. The van der Waals surface area contributed by atoms with Crippen LogP contribution in [0.15, 0.2) is 24.7 Å². The number of anilines is 2. The van der Waals surface area contributed by atoms with Gasteiger partial charge in [-0.25, -0.2) is 24.6 Å². The Kier molecular flexibility index (Phi) is 5.03. The van der Waals surface area contributed by atoms with Crippen LogP contribution < -0.4 is 9.57 Å². The summed E-state index contributed by atoms with van der Waals surface area (Å²) in [5, 5.41) is 4.40. The molecule has 3 aliphatic heterocycles. The van der Waals surface area contributed by atoms with Crippen molar-refractivity contribution >= 4 is 30.9 Å². The lowest BCUT2D eigenvalue weighted by molar-refractivity contribution is -0.141. The molecule has 3 aliphatic rings. The van der Waals surface area contributed by atoms with Gasteiger partial charge in [0.05, 0.1) is 25.6 Å². The second-order valence-electron chi connectivity index (χ2n) is 9.10. The van der Waals surface area contributed by atoms with Crippen LogP contribution in [-0.2, 0) is 15.5 Å². The number of alkyl halides is 3. The van der Waals surface area contributed by atoms with Crippen LogP contribution >= 0.6 is 7.95 Å². The van der Waals surface area contributed by atoms with Crippen molar-refractivity contribution in [2.75, 3.05) is 48.6 Å². The fourth-order valence-corrected chi connectivity index (χ4v) is 6.99. The average Bonchev–Trinajstić information content (AvgIpc) is 3.33. The third-order valence-electron chi connectivity index (χ3n) is 6.90. The van der Waals surface area contributed by atoms with Gasteiger partial charge in [0.25, 0.3) is 0 Å². The smallest absolute Gasteiger partial charge is 0.377 e. The first-order valence-corrected chi connectivity index (χ1v) is 12.6. The Bertz CT molecular complexity index is 1260. The summed E-state index contributed by atoms with van der Waals surface area (Å²) in [5.74, 6) is 0.649. The molecule has 1 unspecified atom stereocenters. The Morgan fingerprint density at radius 1 is 1.12 bits per heavy atom. The van der Waals surface area contributed by atoms with Crippen LogP contribution in [0.25, 0.3) is 11.2 Å². The highest BCUT2D eigenvalue weighted by Crippen LogP contribution is 2.51. The summed E-state index contributed by atoms with van der Waals surface area (Å²) in [7, 11) is -2.31. The minimum absolute atomic E-state index is 0.109. The van der Waals surface area contributed by atoms with Crippen molar-refractivity contribution in [3.8, 4) is 0 Å². The fourth-order valence-electron chi connectivity index (χ4n) is 4.85. The predicted molar refractivity (Wildman–Crippen MR) is 117 cm³/mol. The van der Waals surface area contributed by atoms with Crippen LogP contribution in [-0.4, -0.2) is 68.7 Å². The Morgan fingerprint density at radius 3 is 2.62 bits per heavy atom. The molecule has 0 radical (unpaired) electrons. The molecule has 6 rings (SSSR count). The van der Waals surface area contributed by atoms with Crippen LogP contribution in [0.4, 0.5) is 24.9 Å². The maximum absolute atomic E-state index is 13.1. The van der Waals surface area contributed by atoms with E-state index in [-0.39, 0.29) is 17.4 Å². The Balaban J connectivity index is 1.17. The van der Waals surface area contributed by atoms with Crippen molar-refractivity contribution in [2.45, 2.75) is 25.1 Å². The summed E-state index contributed by atoms with van der Waals surface area (Å²) < 4.78 is 60.7. The standard InChI is InChI=1S/C20H22F3N8O2P/c21-20(22,23)15-1-4-24-18(27-15)30-11-19(12-34(30)32)2-5-29(6-3-19)16-8-25-14-7-26-31(17(14)28-16)13-9-33-10-13/h1,4,7-8,13,34H,2-3,5-6,9-12H2. The van der Waals surface area contributed by atoms with Gasteiger partial charge in [-0.05, 0) is 24.3 Å². The maximum Gasteiger partial charge on any atom is 0.433 e. The fraction of sp³-hybridized carbons (Fsp3) is 0.550. The van der Waals surface area contributed by atoms with Gasteiger partial charge in [0.2, 0.25) is 5.95 Å². The van der Waals surface area contributed by atoms with Crippen molar-refractivity contribution in [3.05, 3.63) is 30.4 Å². The number of aromatic nitrogens is 6. The van der Waals surface area contributed by atoms with E-state index in [2.05, 4.69) is 25.0 Å². The van der Waals surface area contributed by atoms with Crippen LogP contribution in [0.3, 0.4) is 0 Å². The first kappa shape index (κ1) is 21.7. The molecule has 10 nitrogen and oxygen atoms in total. The van der Waals surface area contributed by atoms with Gasteiger partial charge in [0.15, 0.2) is 13.6 Å². The van der Waals surface area contributed by atoms with Crippen molar-refractivity contribution in [3.63, 3.8) is 0 Å². The summed E-state index contributed by atoms with van der Waals surface area (Å²) in [6, 6.07) is 0.999. The largest absolute Gasteiger partial charge is 0.433 e. The molecule has 0 aromatic carbocycles. The third-order valence-corrected chi connectivity index (χ3v) is 8.91. The van der Waals surface area contributed by atoms with Gasteiger partial charge in [-0.1, -0.05) is 0 Å². The molecule has 3 aromatic rings. The maximum atomic E-state index is 13.1. The molecule has 3 fully saturated rings. The zero-order chi connectivity index (χ0) is 23.5. The normalized spacial score (nSPS) is 23.1. The average molecular weight is 494 g/mol. The molecular formula is C20H22F3N8O2P. The van der Waals surface area contributed by atoms with Gasteiger partial charge >= 0.3 is 6.18 Å². The number of nitrogens with zero attached hydrogens (tertiary/aromatic N) is 8. The lowest BCUT2D eigenvalue weighted by Gasteiger charge is -2.39. The Labute approximate surface area is 193 Å². The van der Waals surface area contributed by atoms with Crippen LogP contribution in [0.5, 0.6) is 0 Å². The molecule has 0 saturated carbocycles. The van der Waals surface area contributed by atoms with E-state index in [9.17, 15) is 17.7 Å². The first-order chi connectivity index (χ1) is 16.3. The number of rotatable bonds is 3. The zero-order valence-corrected chi connectivity index (χ0v) is 19.1. The molecule has 1 spiro atoms. The molecule has 6 heterocycles. The Hall–Kier alpha value is -2.79. The molecule has 3 saturated heterocycles. The first-order valence-electron chi connectivity index (χ1n) is 11.0. The summed E-state index contributed by atoms with van der Waals surface area (Å²) in [4.78, 5) is 19.1. The molecule has 0 N–H and O–H groups in total. The Morgan fingerprint density at radius 2 is 1.91 bits per heavy atom. The SMILES string of the molecule is O=[PH]1CC2(CCN(c3cnc4cnn(C5COC5)c4n3)CC2)CN1c1nccc(C(F)(F)F)n1. The highest BCUT2D eigenvalue weighted by atomic mass is 31.1. The summed E-state index contributed by atoms with van der Waals surface area (Å²) in [6.07, 6.45) is 1.88. The molecular weight excluding hydrogens is 472 g/mol. The number of hydrogen-bond donors (Lipinski definition) is 0. The van der Waals surface area contributed by atoms with Crippen LogP contribution in [0.1, 0.15) is 24.6 Å². The van der Waals surface area contributed by atoms with Crippen molar-refractivity contribution < 1.29 is 22.5 Å². The molecule has 0 amide bonds. The van der Waals surface area contributed by atoms with E-state index >= 15 is 0 Å². The van der Waals surface area contributed by atoms with E-state index in [4.69, 9.17) is 9.72 Å². The number of fused-ring (bicyclic) bond motifs is 1. The topological polar surface area (TPSA) is 102 Å². The van der Waals surface area contributed by atoms with E-state index in [1.807, 2.05) is 4.68 Å². The van der Waals surface area contributed by atoms with E-state index in [0.29, 0.717) is 39.0 Å². The lowest BCUT2D eigenvalue weighted by atomic mass is 9.80. The van der Waals surface area contributed by atoms with Gasteiger partial charge in [-0.2, -0.15) is 18.3 Å². The monoisotopic (exact) mass is 494 g/mol. The number of piperidine rings is 1. The van der Waals surface area contributed by atoms with Crippen molar-refractivity contribution in [1.82, 2.24) is 29.7 Å². The summed E-state index contributed by atoms with van der Waals surface area (Å²) >= 11 is 0. The third kappa shape index (κ3) is 3.70. The van der Waals surface area contributed by atoms with Crippen LogP contribution in [0, 0.1) is 5.41 Å². The summed E-state index contributed by atoms with van der Waals surface area (Å²) in [6.45, 7) is 2.99. The molecule has 34 heavy (non-hydrogen) atoms. The van der Waals surface area contributed by atoms with E-state index in [1.54, 1.807) is 12.4 Å². The minimum Gasteiger partial charge on any atom is -0.377 e. The number of ether oxygens (including phenoxy) is 1. The van der Waals surface area contributed by atoms with Gasteiger partial charge in [0, 0.05) is 32.0 Å². The predicted octanol–water partition coefficient (Wildman–Crippen LogP) is 2.79. The number of hydrogen-bond acceptors (Lipinski definition) is 8. The quantitative estimate of drug-likeness (QED) is 0.509. The van der Waals surface area contributed by atoms with Crippen molar-refractivity contribution in [2.24, 2.45) is 5.41 Å². The molecule has 0 bridgehead atoms. The molecule has 0 aliphatic carbocycles. The van der Waals surface area contributed by atoms with Crippen LogP contribution in [0.2, 0.25) is 0 Å². The van der Waals surface area contributed by atoms with Crippen molar-refractivity contribution in [1.29, 1.82) is 0 Å². The summed E-state index contributed by atoms with van der Waals surface area (Å²) in [5.41, 5.74) is 0.192. The molecule has 14 heteroatoms. The number of halogens is 3. The second kappa shape index (κ2) is 7.88. The molecule has 3 aromatic heterocycles. The van der Waals surface area contributed by atoms with Gasteiger partial charge in [-0.15, -0.1) is 0 Å². The van der Waals surface area contributed by atoms with Gasteiger partial charge in [0.1, 0.15) is 23.1 Å². The highest BCUT2D eigenvalue weighted by molar-refractivity contribution is 7.47. The lowest BCUT2D eigenvalue weighted by Crippen LogP contribution is -2.43. The van der Waals surface area contributed by atoms with Gasteiger partial charge < -0.3 is 14.2 Å². The van der Waals surface area contributed by atoms with E-state index in [1.165, 1.54) is 4.67 Å². The van der Waals surface area contributed by atoms with E-state index in [0.717, 1.165) is 42.1 Å².